The summed E-state index contributed by atoms with van der Waals surface area (Å²) >= 11 is 0. The number of hydrogen-bond donors (Lipinski definition) is 0. The summed E-state index contributed by atoms with van der Waals surface area (Å²) in [6.07, 6.45) is 1.03. The van der Waals surface area contributed by atoms with Crippen LogP contribution < -0.4 is 18.9 Å². The molecule has 0 spiro atoms. The van der Waals surface area contributed by atoms with Gasteiger partial charge in [-0.1, -0.05) is 24.3 Å². The van der Waals surface area contributed by atoms with Crippen LogP contribution in [0.25, 0.3) is 0 Å². The van der Waals surface area contributed by atoms with Gasteiger partial charge in [0.15, 0.2) is 23.0 Å². The Labute approximate surface area is 200 Å². The minimum atomic E-state index is -3.73. The van der Waals surface area contributed by atoms with Gasteiger partial charge in [0.25, 0.3) is 0 Å². The number of methoxy groups -OCH3 is 4. The molecule has 1 aliphatic rings. The SMILES string of the molecule is COc1ccc(C[C@@H]2c3cc(OC)c(OC)cc3CCN2S(=O)(=O)c2ccccc2)cc1OC. The van der Waals surface area contributed by atoms with Crippen LogP contribution in [-0.2, 0) is 22.9 Å². The highest BCUT2D eigenvalue weighted by molar-refractivity contribution is 7.89. The van der Waals surface area contributed by atoms with Crippen LogP contribution in [0.15, 0.2) is 65.6 Å². The average molecular weight is 484 g/mol. The molecule has 0 radical (unpaired) electrons. The van der Waals surface area contributed by atoms with E-state index in [1.54, 1.807) is 57.0 Å². The number of ether oxygens (including phenoxy) is 4. The Morgan fingerprint density at radius 1 is 0.794 bits per heavy atom. The second kappa shape index (κ2) is 9.95. The van der Waals surface area contributed by atoms with Crippen LogP contribution in [0, 0.1) is 0 Å². The molecule has 0 unspecified atom stereocenters. The molecule has 1 aliphatic heterocycles. The Morgan fingerprint density at radius 2 is 1.41 bits per heavy atom. The molecule has 3 aromatic carbocycles. The highest BCUT2D eigenvalue weighted by Crippen LogP contribution is 2.42. The Bertz CT molecular complexity index is 1260. The molecule has 0 bridgehead atoms. The fourth-order valence-corrected chi connectivity index (χ4v) is 6.09. The van der Waals surface area contributed by atoms with Crippen molar-refractivity contribution in [3.8, 4) is 23.0 Å². The summed E-state index contributed by atoms with van der Waals surface area (Å²) in [4.78, 5) is 0.274. The van der Waals surface area contributed by atoms with E-state index in [4.69, 9.17) is 18.9 Å². The van der Waals surface area contributed by atoms with E-state index in [0.717, 1.165) is 16.7 Å². The standard InChI is InChI=1S/C26H29NO6S/c1-30-23-11-10-18(15-24(23)31-2)14-22-21-17-26(33-4)25(32-3)16-19(21)12-13-27(22)34(28,29)20-8-6-5-7-9-20/h5-11,15-17,22H,12-14H2,1-4H3/t22-/m1/s1. The third-order valence-electron chi connectivity index (χ3n) is 6.18. The highest BCUT2D eigenvalue weighted by atomic mass is 32.2. The third kappa shape index (κ3) is 4.43. The van der Waals surface area contributed by atoms with Crippen molar-refractivity contribution < 1.29 is 27.4 Å². The quantitative estimate of drug-likeness (QED) is 0.477. The van der Waals surface area contributed by atoms with E-state index >= 15 is 0 Å². The van der Waals surface area contributed by atoms with Crippen LogP contribution >= 0.6 is 0 Å². The first-order chi connectivity index (χ1) is 16.4. The van der Waals surface area contributed by atoms with Gasteiger partial charge in [-0.05, 0) is 65.9 Å². The lowest BCUT2D eigenvalue weighted by Crippen LogP contribution is -2.41. The Morgan fingerprint density at radius 3 is 2.06 bits per heavy atom. The van der Waals surface area contributed by atoms with Crippen molar-refractivity contribution in [2.75, 3.05) is 35.0 Å². The second-order valence-electron chi connectivity index (χ2n) is 7.99. The van der Waals surface area contributed by atoms with Gasteiger partial charge in [-0.2, -0.15) is 4.31 Å². The van der Waals surface area contributed by atoms with Crippen molar-refractivity contribution >= 4 is 10.0 Å². The van der Waals surface area contributed by atoms with Gasteiger partial charge in [0, 0.05) is 6.54 Å². The molecular weight excluding hydrogens is 454 g/mol. The fourth-order valence-electron chi connectivity index (χ4n) is 4.46. The third-order valence-corrected chi connectivity index (χ3v) is 8.10. The first-order valence-electron chi connectivity index (χ1n) is 11.0. The molecule has 0 saturated carbocycles. The normalized spacial score (nSPS) is 15.9. The van der Waals surface area contributed by atoms with Crippen LogP contribution in [-0.4, -0.2) is 47.7 Å². The first-order valence-corrected chi connectivity index (χ1v) is 12.4. The topological polar surface area (TPSA) is 74.3 Å². The minimum absolute atomic E-state index is 0.274. The molecule has 1 atom stereocenters. The van der Waals surface area contributed by atoms with E-state index in [0.29, 0.717) is 42.4 Å². The zero-order valence-corrected chi connectivity index (χ0v) is 20.6. The molecule has 0 aliphatic carbocycles. The molecule has 8 heteroatoms. The molecule has 180 valence electrons. The number of rotatable bonds is 8. The minimum Gasteiger partial charge on any atom is -0.493 e. The molecule has 0 saturated heterocycles. The monoisotopic (exact) mass is 483 g/mol. The lowest BCUT2D eigenvalue weighted by atomic mass is 9.89. The van der Waals surface area contributed by atoms with Crippen molar-refractivity contribution in [2.24, 2.45) is 0 Å². The zero-order chi connectivity index (χ0) is 24.3. The Kier molecular flexibility index (Phi) is 7.00. The maximum atomic E-state index is 13.7. The van der Waals surface area contributed by atoms with Crippen LogP contribution in [0.5, 0.6) is 23.0 Å². The van der Waals surface area contributed by atoms with E-state index < -0.39 is 16.1 Å². The first kappa shape index (κ1) is 23.9. The van der Waals surface area contributed by atoms with Crippen LogP contribution in [0.1, 0.15) is 22.7 Å². The summed E-state index contributed by atoms with van der Waals surface area (Å²) in [6, 6.07) is 17.6. The van der Waals surface area contributed by atoms with Gasteiger partial charge in [0.05, 0.1) is 39.4 Å². The molecule has 4 rings (SSSR count). The lowest BCUT2D eigenvalue weighted by molar-refractivity contribution is 0.300. The molecule has 0 fully saturated rings. The number of fused-ring (bicyclic) bond motifs is 1. The summed E-state index contributed by atoms with van der Waals surface area (Å²) in [5, 5.41) is 0. The van der Waals surface area contributed by atoms with Crippen molar-refractivity contribution in [2.45, 2.75) is 23.8 Å². The maximum absolute atomic E-state index is 13.7. The van der Waals surface area contributed by atoms with Gasteiger partial charge < -0.3 is 18.9 Å². The largest absolute Gasteiger partial charge is 0.493 e. The Balaban J connectivity index is 1.83. The summed E-state index contributed by atoms with van der Waals surface area (Å²) in [7, 11) is 2.61. The van der Waals surface area contributed by atoms with E-state index in [1.165, 1.54) is 0 Å². The van der Waals surface area contributed by atoms with E-state index in [2.05, 4.69) is 0 Å². The molecular formula is C26H29NO6S. The number of nitrogens with zero attached hydrogens (tertiary/aromatic N) is 1. The van der Waals surface area contributed by atoms with Crippen LogP contribution in [0.4, 0.5) is 0 Å². The number of sulfonamides is 1. The summed E-state index contributed by atoms with van der Waals surface area (Å²) in [5.41, 5.74) is 2.87. The predicted octanol–water partition coefficient (Wildman–Crippen LogP) is 4.25. The zero-order valence-electron chi connectivity index (χ0n) is 19.8. The molecule has 0 N–H and O–H groups in total. The molecule has 3 aromatic rings. The van der Waals surface area contributed by atoms with Gasteiger partial charge in [-0.15, -0.1) is 0 Å². The molecule has 0 aromatic heterocycles. The van der Waals surface area contributed by atoms with Crippen molar-refractivity contribution in [3.05, 3.63) is 77.4 Å². The van der Waals surface area contributed by atoms with Crippen molar-refractivity contribution in [1.29, 1.82) is 0 Å². The number of benzene rings is 3. The Hall–Kier alpha value is -3.23. The van der Waals surface area contributed by atoms with Crippen LogP contribution in [0.3, 0.4) is 0 Å². The summed E-state index contributed by atoms with van der Waals surface area (Å²) in [6.45, 7) is 0.359. The van der Waals surface area contributed by atoms with Gasteiger partial charge in [-0.25, -0.2) is 8.42 Å². The van der Waals surface area contributed by atoms with Gasteiger partial charge in [-0.3, -0.25) is 0 Å². The molecule has 0 amide bonds. The van der Waals surface area contributed by atoms with E-state index in [1.807, 2.05) is 36.4 Å². The number of hydrogen-bond acceptors (Lipinski definition) is 6. The smallest absolute Gasteiger partial charge is 0.243 e. The maximum Gasteiger partial charge on any atom is 0.243 e. The lowest BCUT2D eigenvalue weighted by Gasteiger charge is -2.37. The fraction of sp³-hybridized carbons (Fsp3) is 0.308. The molecule has 7 nitrogen and oxygen atoms in total. The highest BCUT2D eigenvalue weighted by Gasteiger charge is 2.37. The predicted molar refractivity (Wildman–Crippen MR) is 130 cm³/mol. The van der Waals surface area contributed by atoms with Crippen molar-refractivity contribution in [3.63, 3.8) is 0 Å². The summed E-state index contributed by atoms with van der Waals surface area (Å²) in [5.74, 6) is 2.42. The molecule has 34 heavy (non-hydrogen) atoms. The van der Waals surface area contributed by atoms with E-state index in [9.17, 15) is 8.42 Å². The van der Waals surface area contributed by atoms with Gasteiger partial charge >= 0.3 is 0 Å². The van der Waals surface area contributed by atoms with Gasteiger partial charge in [0.1, 0.15) is 0 Å². The average Bonchev–Trinajstić information content (AvgIpc) is 2.88. The van der Waals surface area contributed by atoms with Crippen molar-refractivity contribution in [1.82, 2.24) is 4.31 Å². The van der Waals surface area contributed by atoms with E-state index in [-0.39, 0.29) is 4.90 Å². The van der Waals surface area contributed by atoms with Gasteiger partial charge in [0.2, 0.25) is 10.0 Å². The van der Waals surface area contributed by atoms with Crippen LogP contribution in [0.2, 0.25) is 0 Å². The second-order valence-corrected chi connectivity index (χ2v) is 9.88. The molecule has 1 heterocycles. The summed E-state index contributed by atoms with van der Waals surface area (Å²) < 4.78 is 50.9.